The van der Waals surface area contributed by atoms with Crippen LogP contribution in [0, 0.1) is 6.92 Å². The van der Waals surface area contributed by atoms with E-state index in [0.29, 0.717) is 20.5 Å². The average Bonchev–Trinajstić information content (AvgIpc) is 2.68. The second-order valence-corrected chi connectivity index (χ2v) is 8.94. The topological polar surface area (TPSA) is 17.1 Å². The predicted octanol–water partition coefficient (Wildman–Crippen LogP) is 8.08. The van der Waals surface area contributed by atoms with E-state index in [2.05, 4.69) is 22.6 Å². The first-order valence-electron chi connectivity index (χ1n) is 8.14. The van der Waals surface area contributed by atoms with E-state index < -0.39 is 0 Å². The number of halogens is 3. The molecule has 0 aliphatic carbocycles. The molecule has 0 radical (unpaired) electrons. The minimum atomic E-state index is -0.0309. The van der Waals surface area contributed by atoms with Crippen molar-refractivity contribution in [3.8, 4) is 0 Å². The van der Waals surface area contributed by atoms with E-state index in [1.807, 2.05) is 55.5 Å². The molecule has 0 bridgehead atoms. The van der Waals surface area contributed by atoms with Gasteiger partial charge in [0.1, 0.15) is 0 Å². The number of allylic oxidation sites excluding steroid dienone is 1. The van der Waals surface area contributed by atoms with Gasteiger partial charge in [-0.05, 0) is 83.6 Å². The van der Waals surface area contributed by atoms with Gasteiger partial charge in [-0.1, -0.05) is 64.8 Å². The molecule has 0 amide bonds. The van der Waals surface area contributed by atoms with Crippen LogP contribution in [-0.2, 0) is 0 Å². The van der Waals surface area contributed by atoms with E-state index in [1.165, 1.54) is 17.3 Å². The molecule has 0 aliphatic rings. The highest BCUT2D eigenvalue weighted by Crippen LogP contribution is 2.39. The fourth-order valence-corrected chi connectivity index (χ4v) is 4.49. The van der Waals surface area contributed by atoms with Crippen LogP contribution in [0.3, 0.4) is 0 Å². The Kier molecular flexibility index (Phi) is 7.04. The predicted molar refractivity (Wildman–Crippen MR) is 125 cm³/mol. The Labute approximate surface area is 186 Å². The molecule has 0 heterocycles. The number of hydrogen-bond acceptors (Lipinski definition) is 2. The molecule has 3 rings (SSSR count). The maximum atomic E-state index is 13.3. The van der Waals surface area contributed by atoms with Crippen LogP contribution in [-0.4, -0.2) is 5.78 Å². The molecule has 3 aromatic rings. The first-order valence-corrected chi connectivity index (χ1v) is 10.8. The molecule has 27 heavy (non-hydrogen) atoms. The normalized spacial score (nSPS) is 11.9. The van der Waals surface area contributed by atoms with Gasteiger partial charge in [-0.2, -0.15) is 0 Å². The van der Waals surface area contributed by atoms with Gasteiger partial charge < -0.3 is 0 Å². The van der Waals surface area contributed by atoms with Crippen molar-refractivity contribution in [1.29, 1.82) is 0 Å². The Morgan fingerprint density at radius 2 is 1.26 bits per heavy atom. The van der Waals surface area contributed by atoms with E-state index >= 15 is 0 Å². The van der Waals surface area contributed by atoms with E-state index in [4.69, 9.17) is 23.2 Å². The number of aryl methyl sites for hydroxylation is 1. The highest BCUT2D eigenvalue weighted by atomic mass is 127. The smallest absolute Gasteiger partial charge is 0.200 e. The van der Waals surface area contributed by atoms with E-state index in [1.54, 1.807) is 24.3 Å². The fourth-order valence-electron chi connectivity index (χ4n) is 2.37. The largest absolute Gasteiger partial charge is 0.288 e. The highest BCUT2D eigenvalue weighted by molar-refractivity contribution is 14.1. The third kappa shape index (κ3) is 5.38. The van der Waals surface area contributed by atoms with Crippen molar-refractivity contribution in [3.63, 3.8) is 0 Å². The van der Waals surface area contributed by atoms with Crippen LogP contribution in [0.4, 0.5) is 0 Å². The van der Waals surface area contributed by atoms with Gasteiger partial charge in [0.15, 0.2) is 0 Å². The van der Waals surface area contributed by atoms with Crippen LogP contribution < -0.4 is 0 Å². The molecule has 5 heteroatoms. The summed E-state index contributed by atoms with van der Waals surface area (Å²) in [5.41, 5.74) is 2.75. The van der Waals surface area contributed by atoms with Crippen molar-refractivity contribution in [2.45, 2.75) is 11.8 Å². The SMILES string of the molecule is Cc1ccc(SC(C(=O)c2ccc(Cl)cc2)=C(I)c2ccc(Cl)cc2)cc1. The third-order valence-corrected chi connectivity index (χ3v) is 6.98. The summed E-state index contributed by atoms with van der Waals surface area (Å²) in [5, 5.41) is 1.27. The van der Waals surface area contributed by atoms with Crippen molar-refractivity contribution >= 4 is 66.9 Å². The zero-order valence-corrected chi connectivity index (χ0v) is 18.9. The number of thioether (sulfide) groups is 1. The number of ketones is 1. The quantitative estimate of drug-likeness (QED) is 0.145. The Hall–Kier alpha value is -1.27. The molecular weight excluding hydrogens is 510 g/mol. The second-order valence-electron chi connectivity index (χ2n) is 5.90. The molecule has 0 N–H and O–H groups in total. The summed E-state index contributed by atoms with van der Waals surface area (Å²) < 4.78 is 0.884. The molecule has 0 saturated heterocycles. The number of benzene rings is 3. The fraction of sp³-hybridized carbons (Fsp3) is 0.0455. The minimum absolute atomic E-state index is 0.0309. The molecular formula is C22H15Cl2IOS. The van der Waals surface area contributed by atoms with Crippen LogP contribution in [0.2, 0.25) is 10.0 Å². The summed E-state index contributed by atoms with van der Waals surface area (Å²) in [6.45, 7) is 2.04. The van der Waals surface area contributed by atoms with Gasteiger partial charge >= 0.3 is 0 Å². The molecule has 1 nitrogen and oxygen atoms in total. The number of carbonyl (C=O) groups excluding carboxylic acids is 1. The summed E-state index contributed by atoms with van der Waals surface area (Å²) in [6.07, 6.45) is 0. The molecule has 0 aliphatic heterocycles. The van der Waals surface area contributed by atoms with Crippen molar-refractivity contribution in [2.75, 3.05) is 0 Å². The number of carbonyl (C=O) groups is 1. The van der Waals surface area contributed by atoms with E-state index in [-0.39, 0.29) is 5.78 Å². The Morgan fingerprint density at radius 1 is 0.778 bits per heavy atom. The summed E-state index contributed by atoms with van der Waals surface area (Å²) in [5.74, 6) is -0.0309. The number of Topliss-reactive ketones (excluding diaryl/α,β-unsaturated/α-hetero) is 1. The molecule has 3 aromatic carbocycles. The van der Waals surface area contributed by atoms with Crippen molar-refractivity contribution in [1.82, 2.24) is 0 Å². The lowest BCUT2D eigenvalue weighted by Gasteiger charge is -2.11. The summed E-state index contributed by atoms with van der Waals surface area (Å²) in [6, 6.07) is 22.6. The van der Waals surface area contributed by atoms with Crippen LogP contribution in [0.1, 0.15) is 21.5 Å². The molecule has 0 aromatic heterocycles. The molecule has 0 saturated carbocycles. The van der Waals surface area contributed by atoms with Crippen LogP contribution in [0.15, 0.2) is 82.6 Å². The maximum Gasteiger partial charge on any atom is 0.200 e. The molecule has 0 atom stereocenters. The van der Waals surface area contributed by atoms with Gasteiger partial charge in [0.2, 0.25) is 5.78 Å². The molecule has 0 spiro atoms. The Bertz CT molecular complexity index is 978. The van der Waals surface area contributed by atoms with E-state index in [0.717, 1.165) is 14.0 Å². The average molecular weight is 525 g/mol. The van der Waals surface area contributed by atoms with Crippen molar-refractivity contribution in [2.24, 2.45) is 0 Å². The second kappa shape index (κ2) is 9.28. The zero-order valence-electron chi connectivity index (χ0n) is 14.4. The van der Waals surface area contributed by atoms with Gasteiger partial charge in [-0.25, -0.2) is 0 Å². The van der Waals surface area contributed by atoms with Crippen LogP contribution in [0.5, 0.6) is 0 Å². The Balaban J connectivity index is 2.05. The van der Waals surface area contributed by atoms with Gasteiger partial charge in [0.05, 0.1) is 4.91 Å². The van der Waals surface area contributed by atoms with Gasteiger partial charge in [-0.3, -0.25) is 4.79 Å². The Morgan fingerprint density at radius 3 is 1.78 bits per heavy atom. The van der Waals surface area contributed by atoms with Gasteiger partial charge in [0, 0.05) is 24.1 Å². The first-order chi connectivity index (χ1) is 12.9. The van der Waals surface area contributed by atoms with Crippen LogP contribution in [0.25, 0.3) is 3.58 Å². The lowest BCUT2D eigenvalue weighted by molar-refractivity contribution is 0.104. The number of rotatable bonds is 5. The summed E-state index contributed by atoms with van der Waals surface area (Å²) in [7, 11) is 0. The van der Waals surface area contributed by atoms with Crippen LogP contribution >= 0.6 is 57.6 Å². The standard InChI is InChI=1S/C22H15Cl2IOS/c1-14-2-12-19(13-3-14)27-22(20(25)15-4-8-17(23)9-5-15)21(26)16-6-10-18(24)11-7-16/h2-13H,1H3. The zero-order chi connectivity index (χ0) is 19.4. The monoisotopic (exact) mass is 524 g/mol. The van der Waals surface area contributed by atoms with E-state index in [9.17, 15) is 4.79 Å². The van der Waals surface area contributed by atoms with Crippen molar-refractivity contribution in [3.05, 3.63) is 104 Å². The first kappa shape index (κ1) is 20.5. The molecule has 136 valence electrons. The lowest BCUT2D eigenvalue weighted by Crippen LogP contribution is -2.02. The van der Waals surface area contributed by atoms with Gasteiger partial charge in [-0.15, -0.1) is 0 Å². The lowest BCUT2D eigenvalue weighted by atomic mass is 10.1. The highest BCUT2D eigenvalue weighted by Gasteiger charge is 2.19. The minimum Gasteiger partial charge on any atom is -0.288 e. The summed E-state index contributed by atoms with van der Waals surface area (Å²) >= 11 is 15.7. The summed E-state index contributed by atoms with van der Waals surface area (Å²) in [4.78, 5) is 14.9. The maximum absolute atomic E-state index is 13.3. The molecule has 0 unspecified atom stereocenters. The molecule has 0 fully saturated rings. The third-order valence-electron chi connectivity index (χ3n) is 3.85. The number of hydrogen-bond donors (Lipinski definition) is 0. The van der Waals surface area contributed by atoms with Crippen molar-refractivity contribution < 1.29 is 4.79 Å². The van der Waals surface area contributed by atoms with Gasteiger partial charge in [0.25, 0.3) is 0 Å².